The van der Waals surface area contributed by atoms with E-state index in [4.69, 9.17) is 5.11 Å². The average Bonchev–Trinajstić information content (AvgIpc) is 2.91. The van der Waals surface area contributed by atoms with Crippen molar-refractivity contribution in [2.45, 2.75) is 13.0 Å². The van der Waals surface area contributed by atoms with Crippen molar-refractivity contribution >= 4 is 17.5 Å². The summed E-state index contributed by atoms with van der Waals surface area (Å²) in [6.07, 6.45) is 0.674. The molecular weight excluding hydrogens is 296 g/mol. The zero-order valence-corrected chi connectivity index (χ0v) is 11.3. The quantitative estimate of drug-likeness (QED) is 0.503. The maximum Gasteiger partial charge on any atom is 0.372 e. The number of carbonyl (C=O) groups excluding carboxylic acids is 2. The predicted octanol–water partition coefficient (Wildman–Crippen LogP) is 2.04. The van der Waals surface area contributed by atoms with Gasteiger partial charge in [-0.1, -0.05) is 0 Å². The minimum Gasteiger partial charge on any atom is -0.475 e. The van der Waals surface area contributed by atoms with Gasteiger partial charge in [0.15, 0.2) is 5.78 Å². The van der Waals surface area contributed by atoms with E-state index in [9.17, 15) is 23.2 Å². The van der Waals surface area contributed by atoms with Gasteiger partial charge in [-0.15, -0.1) is 0 Å². The maximum absolute atomic E-state index is 13.6. The molecule has 0 aliphatic carbocycles. The van der Waals surface area contributed by atoms with Crippen molar-refractivity contribution in [1.29, 1.82) is 0 Å². The minimum atomic E-state index is -1.69. The second kappa shape index (κ2) is 6.30. The van der Waals surface area contributed by atoms with Gasteiger partial charge in [-0.3, -0.25) is 9.59 Å². The Morgan fingerprint density at radius 3 is 2.55 bits per heavy atom. The number of carboxylic acids is 1. The van der Waals surface area contributed by atoms with Crippen LogP contribution < -0.4 is 0 Å². The summed E-state index contributed by atoms with van der Waals surface area (Å²) in [7, 11) is 0. The van der Waals surface area contributed by atoms with E-state index < -0.39 is 35.6 Å². The fraction of sp³-hybridized carbons (Fsp3) is 0.133. The van der Waals surface area contributed by atoms with Crippen molar-refractivity contribution < 1.29 is 28.3 Å². The first-order chi connectivity index (χ1) is 10.4. The molecule has 2 rings (SSSR count). The molecule has 2 aromatic rings. The molecule has 0 bridgehead atoms. The molecule has 5 nitrogen and oxygen atoms in total. The lowest BCUT2D eigenvalue weighted by Crippen LogP contribution is -2.19. The zero-order valence-electron chi connectivity index (χ0n) is 11.3. The lowest BCUT2D eigenvalue weighted by molar-refractivity contribution is -0.148. The van der Waals surface area contributed by atoms with Crippen molar-refractivity contribution in [3.8, 4) is 0 Å². The first kappa shape index (κ1) is 15.6. The number of benzene rings is 1. The molecule has 0 unspecified atom stereocenters. The number of rotatable bonds is 6. The highest BCUT2D eigenvalue weighted by atomic mass is 19.1. The molecule has 1 aromatic heterocycles. The van der Waals surface area contributed by atoms with E-state index in [1.807, 2.05) is 0 Å². The largest absolute Gasteiger partial charge is 0.475 e. The fourth-order valence-corrected chi connectivity index (χ4v) is 1.97. The third-order valence-corrected chi connectivity index (χ3v) is 3.02. The van der Waals surface area contributed by atoms with Crippen molar-refractivity contribution in [3.63, 3.8) is 0 Å². The monoisotopic (exact) mass is 307 g/mol. The highest BCUT2D eigenvalue weighted by molar-refractivity contribution is 6.37. The van der Waals surface area contributed by atoms with Crippen LogP contribution in [0.5, 0.6) is 0 Å². The first-order valence-corrected chi connectivity index (χ1v) is 6.27. The van der Waals surface area contributed by atoms with Gasteiger partial charge in [0.2, 0.25) is 5.78 Å². The van der Waals surface area contributed by atoms with Crippen LogP contribution in [0, 0.1) is 11.6 Å². The summed E-state index contributed by atoms with van der Waals surface area (Å²) < 4.78 is 28.1. The van der Waals surface area contributed by atoms with Crippen LogP contribution in [0.3, 0.4) is 0 Å². The Labute approximate surface area is 123 Å². The van der Waals surface area contributed by atoms with Crippen LogP contribution in [0.25, 0.3) is 0 Å². The number of ketones is 2. The van der Waals surface area contributed by atoms with E-state index in [0.717, 1.165) is 18.2 Å². The Bertz CT molecular complexity index is 752. The smallest absolute Gasteiger partial charge is 0.372 e. The topological polar surface area (TPSA) is 76.4 Å². The van der Waals surface area contributed by atoms with Gasteiger partial charge in [-0.2, -0.15) is 0 Å². The standard InChI is InChI=1S/C15H11F2NO4/c16-10-3-4-11(17)9(6-10)8-18-5-1-2-12(18)13(19)7-14(20)15(21)22/h1-6H,7-8H2,(H,21,22). The van der Waals surface area contributed by atoms with Crippen LogP contribution in [0.2, 0.25) is 0 Å². The van der Waals surface area contributed by atoms with Gasteiger partial charge in [0, 0.05) is 11.8 Å². The van der Waals surface area contributed by atoms with Gasteiger partial charge >= 0.3 is 5.97 Å². The summed E-state index contributed by atoms with van der Waals surface area (Å²) in [4.78, 5) is 33.5. The number of Topliss-reactive ketones (excluding diaryl/α,β-unsaturated/α-hetero) is 2. The Morgan fingerprint density at radius 1 is 1.14 bits per heavy atom. The molecule has 1 heterocycles. The molecule has 0 amide bonds. The van der Waals surface area contributed by atoms with Gasteiger partial charge < -0.3 is 9.67 Å². The summed E-state index contributed by atoms with van der Waals surface area (Å²) in [5.41, 5.74) is 0.0908. The average molecular weight is 307 g/mol. The highest BCUT2D eigenvalue weighted by Crippen LogP contribution is 2.14. The maximum atomic E-state index is 13.6. The molecule has 0 atom stereocenters. The molecule has 0 aliphatic rings. The third-order valence-electron chi connectivity index (χ3n) is 3.02. The molecule has 0 saturated heterocycles. The summed E-state index contributed by atoms with van der Waals surface area (Å²) in [5, 5.41) is 8.50. The van der Waals surface area contributed by atoms with E-state index in [0.29, 0.717) is 0 Å². The second-order valence-corrected chi connectivity index (χ2v) is 4.59. The molecule has 0 spiro atoms. The normalized spacial score (nSPS) is 10.5. The summed E-state index contributed by atoms with van der Waals surface area (Å²) >= 11 is 0. The summed E-state index contributed by atoms with van der Waals surface area (Å²) in [6, 6.07) is 5.84. The molecule has 0 radical (unpaired) electrons. The molecule has 22 heavy (non-hydrogen) atoms. The number of halogens is 2. The molecule has 1 N–H and O–H groups in total. The Kier molecular flexibility index (Phi) is 4.45. The predicted molar refractivity (Wildman–Crippen MR) is 71.5 cm³/mol. The Morgan fingerprint density at radius 2 is 1.86 bits per heavy atom. The Hall–Kier alpha value is -2.83. The van der Waals surface area contributed by atoms with E-state index >= 15 is 0 Å². The number of carboxylic acid groups (broad SMARTS) is 1. The molecule has 1 aromatic carbocycles. The molecule has 114 valence electrons. The lowest BCUT2D eigenvalue weighted by atomic mass is 10.1. The van der Waals surface area contributed by atoms with Crippen LogP contribution >= 0.6 is 0 Å². The summed E-state index contributed by atoms with van der Waals surface area (Å²) in [5.74, 6) is -4.86. The van der Waals surface area contributed by atoms with Gasteiger partial charge in [0.1, 0.15) is 11.6 Å². The number of hydrogen-bond donors (Lipinski definition) is 1. The van der Waals surface area contributed by atoms with Crippen LogP contribution in [-0.4, -0.2) is 27.2 Å². The molecule has 0 aliphatic heterocycles. The van der Waals surface area contributed by atoms with E-state index in [1.54, 1.807) is 0 Å². The second-order valence-electron chi connectivity index (χ2n) is 4.59. The van der Waals surface area contributed by atoms with Crippen molar-refractivity contribution in [3.05, 3.63) is 59.4 Å². The van der Waals surface area contributed by atoms with Gasteiger partial charge in [0.05, 0.1) is 18.7 Å². The fourth-order valence-electron chi connectivity index (χ4n) is 1.97. The van der Waals surface area contributed by atoms with Gasteiger partial charge in [-0.05, 0) is 30.3 Å². The molecule has 7 heteroatoms. The SMILES string of the molecule is O=C(O)C(=O)CC(=O)c1cccn1Cc1cc(F)ccc1F. The molecule has 0 saturated carbocycles. The van der Waals surface area contributed by atoms with Gasteiger partial charge in [0.25, 0.3) is 0 Å². The van der Waals surface area contributed by atoms with Crippen molar-refractivity contribution in [2.75, 3.05) is 0 Å². The third kappa shape index (κ3) is 3.43. The van der Waals surface area contributed by atoms with Crippen molar-refractivity contribution in [2.24, 2.45) is 0 Å². The zero-order chi connectivity index (χ0) is 16.3. The number of hydrogen-bond acceptors (Lipinski definition) is 3. The summed E-state index contributed by atoms with van der Waals surface area (Å²) in [6.45, 7) is -0.112. The van der Waals surface area contributed by atoms with Crippen LogP contribution in [0.15, 0.2) is 36.5 Å². The van der Waals surface area contributed by atoms with E-state index in [1.165, 1.54) is 22.9 Å². The molecular formula is C15H11F2NO4. The molecule has 0 fully saturated rings. The van der Waals surface area contributed by atoms with Crippen LogP contribution in [-0.2, 0) is 16.1 Å². The van der Waals surface area contributed by atoms with Crippen molar-refractivity contribution in [1.82, 2.24) is 4.57 Å². The lowest BCUT2D eigenvalue weighted by Gasteiger charge is -2.09. The van der Waals surface area contributed by atoms with E-state index in [2.05, 4.69) is 0 Å². The first-order valence-electron chi connectivity index (χ1n) is 6.27. The number of aliphatic carboxylic acids is 1. The van der Waals surface area contributed by atoms with Gasteiger partial charge in [-0.25, -0.2) is 13.6 Å². The number of aromatic nitrogens is 1. The number of nitrogens with zero attached hydrogens (tertiary/aromatic N) is 1. The minimum absolute atomic E-state index is 0.0369. The van der Waals surface area contributed by atoms with Crippen LogP contribution in [0.1, 0.15) is 22.5 Å². The van der Waals surface area contributed by atoms with Crippen LogP contribution in [0.4, 0.5) is 8.78 Å². The number of carbonyl (C=O) groups is 3. The highest BCUT2D eigenvalue weighted by Gasteiger charge is 2.20. The Balaban J connectivity index is 2.22. The van der Waals surface area contributed by atoms with E-state index in [-0.39, 0.29) is 17.8 Å².